The van der Waals surface area contributed by atoms with Crippen molar-refractivity contribution in [1.29, 1.82) is 0 Å². The van der Waals surface area contributed by atoms with Crippen LogP contribution in [0.5, 0.6) is 5.75 Å². The van der Waals surface area contributed by atoms with Crippen LogP contribution in [0.3, 0.4) is 0 Å². The molecule has 2 aromatic carbocycles. The fourth-order valence-corrected chi connectivity index (χ4v) is 3.42. The summed E-state index contributed by atoms with van der Waals surface area (Å²) in [5, 5.41) is 3.18. The third-order valence-corrected chi connectivity index (χ3v) is 5.25. The van der Waals surface area contributed by atoms with Crippen LogP contribution in [0.1, 0.15) is 5.56 Å². The van der Waals surface area contributed by atoms with Crippen LogP contribution in [-0.4, -0.2) is 16.3 Å². The zero-order valence-corrected chi connectivity index (χ0v) is 18.5. The Morgan fingerprint density at radius 2 is 1.94 bits per heavy atom. The molecular weight excluding hydrogens is 459 g/mol. The Labute approximate surface area is 198 Å². The van der Waals surface area contributed by atoms with E-state index in [9.17, 15) is 13.2 Å². The van der Waals surface area contributed by atoms with E-state index in [2.05, 4.69) is 18.1 Å². The van der Waals surface area contributed by atoms with E-state index in [1.54, 1.807) is 30.6 Å². The largest absolute Gasteiger partial charge is 0.465 e. The molecule has 0 saturated heterocycles. The van der Waals surface area contributed by atoms with Gasteiger partial charge in [-0.1, -0.05) is 19.2 Å². The molecule has 0 bridgehead atoms. The van der Waals surface area contributed by atoms with Crippen LogP contribution < -0.4 is 31.9 Å². The Bertz CT molecular complexity index is 1500. The zero-order chi connectivity index (χ0) is 25.2. The summed E-state index contributed by atoms with van der Waals surface area (Å²) in [6.07, 6.45) is 2.75. The lowest BCUT2D eigenvalue weighted by Gasteiger charge is -2.20. The summed E-state index contributed by atoms with van der Waals surface area (Å²) in [6.45, 7) is 7.80. The lowest BCUT2D eigenvalue weighted by Crippen LogP contribution is -2.33. The minimum Gasteiger partial charge on any atom is -0.465 e. The molecular formula is C25H22F3N5O2. The summed E-state index contributed by atoms with van der Waals surface area (Å²) < 4.78 is 46.3. The number of rotatable bonds is 7. The predicted octanol–water partition coefficient (Wildman–Crippen LogP) is 3.65. The molecule has 0 spiro atoms. The van der Waals surface area contributed by atoms with Crippen molar-refractivity contribution in [2.45, 2.75) is 6.18 Å². The molecule has 7 nitrogen and oxygen atoms in total. The lowest BCUT2D eigenvalue weighted by atomic mass is 10.1. The van der Waals surface area contributed by atoms with Crippen LogP contribution in [0.4, 0.5) is 24.5 Å². The van der Waals surface area contributed by atoms with Gasteiger partial charge in [0.1, 0.15) is 11.4 Å². The number of hydrogen-bond donors (Lipinski definition) is 2. The first-order chi connectivity index (χ1) is 16.6. The van der Waals surface area contributed by atoms with Gasteiger partial charge in [0, 0.05) is 23.5 Å². The van der Waals surface area contributed by atoms with Gasteiger partial charge in [-0.05, 0) is 59.0 Å². The predicted molar refractivity (Wildman–Crippen MR) is 130 cm³/mol. The maximum atomic E-state index is 13.0. The minimum absolute atomic E-state index is 0.0203. The van der Waals surface area contributed by atoms with Crippen molar-refractivity contribution in [3.63, 3.8) is 0 Å². The zero-order valence-electron chi connectivity index (χ0n) is 18.5. The topological polar surface area (TPSA) is 91.6 Å². The Morgan fingerprint density at radius 3 is 2.69 bits per heavy atom. The molecule has 0 unspecified atom stereocenters. The van der Waals surface area contributed by atoms with Crippen LogP contribution in [0.2, 0.25) is 0 Å². The van der Waals surface area contributed by atoms with Crippen molar-refractivity contribution >= 4 is 40.6 Å². The van der Waals surface area contributed by atoms with E-state index >= 15 is 0 Å². The summed E-state index contributed by atoms with van der Waals surface area (Å²) in [5.41, 5.74) is 6.37. The van der Waals surface area contributed by atoms with Crippen molar-refractivity contribution < 1.29 is 22.7 Å². The minimum atomic E-state index is -4.54. The van der Waals surface area contributed by atoms with Gasteiger partial charge in [-0.25, -0.2) is 10.7 Å². The number of nitrogen functional groups attached to an aromatic ring is 1. The number of allylic oxidation sites excluding steroid dienone is 1. The SMILES string of the molecule is C=C(/C=c1/ccc(OCON(N)c2cc(C(F)(F)F)ccc2N)cc1=C)n1ccc2ccncc21. The first kappa shape index (κ1) is 23.9. The second-order valence-electron chi connectivity index (χ2n) is 7.60. The van der Waals surface area contributed by atoms with Crippen molar-refractivity contribution in [3.8, 4) is 5.75 Å². The third-order valence-electron chi connectivity index (χ3n) is 5.25. The molecule has 10 heteroatoms. The number of pyridine rings is 1. The average Bonchev–Trinajstić information content (AvgIpc) is 3.24. The van der Waals surface area contributed by atoms with Crippen molar-refractivity contribution in [3.05, 3.63) is 89.7 Å². The van der Waals surface area contributed by atoms with Crippen molar-refractivity contribution in [1.82, 2.24) is 9.55 Å². The molecule has 180 valence electrons. The van der Waals surface area contributed by atoms with E-state index in [0.717, 1.165) is 40.0 Å². The molecule has 0 aliphatic heterocycles. The molecule has 0 saturated carbocycles. The lowest BCUT2D eigenvalue weighted by molar-refractivity contribution is -0.137. The summed E-state index contributed by atoms with van der Waals surface area (Å²) in [4.78, 5) is 9.35. The van der Waals surface area contributed by atoms with Crippen molar-refractivity contribution in [2.75, 3.05) is 17.7 Å². The number of hydrazine groups is 1. The Balaban J connectivity index is 1.43. The Kier molecular flexibility index (Phi) is 6.50. The second kappa shape index (κ2) is 9.53. The average molecular weight is 481 g/mol. The molecule has 35 heavy (non-hydrogen) atoms. The number of fused-ring (bicyclic) bond motifs is 1. The van der Waals surface area contributed by atoms with Crippen molar-refractivity contribution in [2.24, 2.45) is 5.84 Å². The molecule has 0 fully saturated rings. The fourth-order valence-electron chi connectivity index (χ4n) is 3.42. The van der Waals surface area contributed by atoms with E-state index in [4.69, 9.17) is 21.2 Å². The number of anilines is 2. The van der Waals surface area contributed by atoms with Crippen LogP contribution in [-0.2, 0) is 11.0 Å². The van der Waals surface area contributed by atoms with Crippen LogP contribution >= 0.6 is 0 Å². The number of halogens is 3. The molecule has 4 rings (SSSR count). The maximum Gasteiger partial charge on any atom is 0.416 e. The fraction of sp³-hybridized carbons (Fsp3) is 0.0800. The van der Waals surface area contributed by atoms with Gasteiger partial charge in [-0.15, -0.1) is 0 Å². The monoisotopic (exact) mass is 481 g/mol. The molecule has 2 heterocycles. The van der Waals surface area contributed by atoms with Gasteiger partial charge in [-0.3, -0.25) is 4.98 Å². The first-order valence-electron chi connectivity index (χ1n) is 10.3. The second-order valence-corrected chi connectivity index (χ2v) is 7.60. The quantitative estimate of drug-likeness (QED) is 0.181. The normalized spacial score (nSPS) is 12.2. The highest BCUT2D eigenvalue weighted by Gasteiger charge is 2.31. The molecule has 4 N–H and O–H groups in total. The first-order valence-corrected chi connectivity index (χ1v) is 10.3. The molecule has 0 atom stereocenters. The maximum absolute atomic E-state index is 13.0. The van der Waals surface area contributed by atoms with E-state index < -0.39 is 11.7 Å². The highest BCUT2D eigenvalue weighted by atomic mass is 19.4. The summed E-state index contributed by atoms with van der Waals surface area (Å²) in [6, 6.07) is 11.9. The number of nitrogens with zero attached hydrogens (tertiary/aromatic N) is 3. The van der Waals surface area contributed by atoms with Crippen LogP contribution in [0.15, 0.2) is 73.7 Å². The van der Waals surface area contributed by atoms with E-state index in [1.165, 1.54) is 0 Å². The molecule has 0 amide bonds. The number of ether oxygens (including phenoxy) is 1. The standard InChI is InChI=1S/C25H22F3N5O2/c1-16-11-21(34-15-35-33(30)23-13-20(25(26,27)28)4-6-22(23)29)5-3-19(16)12-17(2)32-10-8-18-7-9-31-14-24(18)32/h3-14H,1-2,15,29-30H2/b19-12-. The summed E-state index contributed by atoms with van der Waals surface area (Å²) >= 11 is 0. The number of benzene rings is 2. The van der Waals surface area contributed by atoms with Gasteiger partial charge in [0.15, 0.2) is 0 Å². The highest BCUT2D eigenvalue weighted by molar-refractivity contribution is 5.87. The molecule has 0 aliphatic rings. The Morgan fingerprint density at radius 1 is 1.14 bits per heavy atom. The van der Waals surface area contributed by atoms with Gasteiger partial charge in [0.25, 0.3) is 0 Å². The number of nitrogens with two attached hydrogens (primary N) is 2. The van der Waals surface area contributed by atoms with Gasteiger partial charge < -0.3 is 15.0 Å². The highest BCUT2D eigenvalue weighted by Crippen LogP contribution is 2.34. The molecule has 0 radical (unpaired) electrons. The number of alkyl halides is 3. The van der Waals surface area contributed by atoms with Gasteiger partial charge in [0.2, 0.25) is 6.79 Å². The van der Waals surface area contributed by atoms with Gasteiger partial charge >= 0.3 is 6.18 Å². The smallest absolute Gasteiger partial charge is 0.416 e. The molecule has 4 aromatic rings. The van der Waals surface area contributed by atoms with Crippen LogP contribution in [0.25, 0.3) is 29.3 Å². The van der Waals surface area contributed by atoms with E-state index in [1.807, 2.05) is 29.0 Å². The molecule has 0 aliphatic carbocycles. The number of hydrogen-bond acceptors (Lipinski definition) is 6. The number of aromatic nitrogens is 2. The Hall–Kier alpha value is -4.28. The van der Waals surface area contributed by atoms with Gasteiger partial charge in [0.05, 0.1) is 23.0 Å². The molecule has 2 aromatic heterocycles. The summed E-state index contributed by atoms with van der Waals surface area (Å²) in [7, 11) is 0. The van der Waals surface area contributed by atoms with E-state index in [-0.39, 0.29) is 18.2 Å². The van der Waals surface area contributed by atoms with Crippen LogP contribution in [0, 0.1) is 0 Å². The summed E-state index contributed by atoms with van der Waals surface area (Å²) in [5.74, 6) is 6.15. The third kappa shape index (κ3) is 5.29. The van der Waals surface area contributed by atoms with Gasteiger partial charge in [-0.2, -0.15) is 18.3 Å². The van der Waals surface area contributed by atoms with E-state index in [0.29, 0.717) is 16.1 Å².